The van der Waals surface area contributed by atoms with Gasteiger partial charge >= 0.3 is 0 Å². The fourth-order valence-electron chi connectivity index (χ4n) is 4.41. The third-order valence-electron chi connectivity index (χ3n) is 5.62. The molecule has 116 valence electrons. The van der Waals surface area contributed by atoms with Crippen LogP contribution in [-0.2, 0) is 9.53 Å². The van der Waals surface area contributed by atoms with E-state index in [-0.39, 0.29) is 5.92 Å². The molecule has 2 atom stereocenters. The van der Waals surface area contributed by atoms with Crippen molar-refractivity contribution in [3.8, 4) is 0 Å². The van der Waals surface area contributed by atoms with E-state index in [9.17, 15) is 4.79 Å². The largest absolute Gasteiger partial charge is 0.367 e. The van der Waals surface area contributed by atoms with Crippen LogP contribution in [0.3, 0.4) is 0 Å². The number of carbonyl (C=O) groups excluding carboxylic acids is 1. The molecule has 0 aliphatic heterocycles. The normalized spacial score (nSPS) is 38.6. The van der Waals surface area contributed by atoms with Crippen LogP contribution in [0.5, 0.6) is 0 Å². The van der Waals surface area contributed by atoms with Crippen LogP contribution < -0.4 is 0 Å². The molecule has 0 radical (unpaired) electrons. The number of ether oxygens (including phenoxy) is 1. The van der Waals surface area contributed by atoms with Gasteiger partial charge in [0.25, 0.3) is 0 Å². The monoisotopic (exact) mass is 280 g/mol. The van der Waals surface area contributed by atoms with Crippen molar-refractivity contribution in [1.29, 1.82) is 0 Å². The molecule has 2 nitrogen and oxygen atoms in total. The summed E-state index contributed by atoms with van der Waals surface area (Å²) in [5, 5.41) is 0. The Bertz CT molecular complexity index is 313. The van der Waals surface area contributed by atoms with Crippen LogP contribution in [0.2, 0.25) is 0 Å². The number of rotatable bonds is 5. The van der Waals surface area contributed by atoms with Gasteiger partial charge in [-0.3, -0.25) is 4.79 Å². The van der Waals surface area contributed by atoms with Crippen LogP contribution in [0.4, 0.5) is 0 Å². The van der Waals surface area contributed by atoms with Crippen LogP contribution >= 0.6 is 0 Å². The van der Waals surface area contributed by atoms with Crippen molar-refractivity contribution in [2.45, 2.75) is 84.2 Å². The molecule has 0 bridgehead atoms. The molecule has 2 unspecified atom stereocenters. The van der Waals surface area contributed by atoms with Gasteiger partial charge in [0, 0.05) is 12.5 Å². The van der Waals surface area contributed by atoms with Crippen molar-refractivity contribution >= 4 is 5.78 Å². The maximum Gasteiger partial charge on any atom is 0.167 e. The first-order valence-corrected chi connectivity index (χ1v) is 8.79. The summed E-state index contributed by atoms with van der Waals surface area (Å²) >= 11 is 0. The summed E-state index contributed by atoms with van der Waals surface area (Å²) in [7, 11) is 0. The van der Waals surface area contributed by atoms with E-state index in [0.29, 0.717) is 18.3 Å². The maximum absolute atomic E-state index is 13.1. The van der Waals surface area contributed by atoms with Gasteiger partial charge in [-0.05, 0) is 63.7 Å². The Morgan fingerprint density at radius 2 is 1.85 bits per heavy atom. The summed E-state index contributed by atoms with van der Waals surface area (Å²) in [4.78, 5) is 13.1. The first-order valence-electron chi connectivity index (χ1n) is 8.79. The smallest absolute Gasteiger partial charge is 0.167 e. The Kier molecular flexibility index (Phi) is 5.65. The van der Waals surface area contributed by atoms with Gasteiger partial charge in [-0.1, -0.05) is 26.7 Å². The van der Waals surface area contributed by atoms with Crippen LogP contribution in [0.1, 0.15) is 78.6 Å². The van der Waals surface area contributed by atoms with Crippen LogP contribution in [-0.4, -0.2) is 18.0 Å². The molecule has 0 N–H and O–H groups in total. The van der Waals surface area contributed by atoms with Gasteiger partial charge in [0.15, 0.2) is 5.78 Å². The average Bonchev–Trinajstić information content (AvgIpc) is 2.47. The number of hydrogen-bond acceptors (Lipinski definition) is 2. The van der Waals surface area contributed by atoms with Crippen molar-refractivity contribution < 1.29 is 9.53 Å². The minimum Gasteiger partial charge on any atom is -0.367 e. The van der Waals surface area contributed by atoms with E-state index in [1.165, 1.54) is 25.7 Å². The fourth-order valence-corrected chi connectivity index (χ4v) is 4.41. The van der Waals surface area contributed by atoms with Crippen molar-refractivity contribution in [3.63, 3.8) is 0 Å². The highest BCUT2D eigenvalue weighted by Gasteiger charge is 2.45. The number of ketones is 1. The number of Topliss-reactive ketones (excluding diaryl/α,β-unsaturated/α-hetero) is 1. The van der Waals surface area contributed by atoms with Crippen LogP contribution in [0.15, 0.2) is 0 Å². The van der Waals surface area contributed by atoms with Crippen molar-refractivity contribution in [3.05, 3.63) is 0 Å². The van der Waals surface area contributed by atoms with E-state index in [1.54, 1.807) is 0 Å². The quantitative estimate of drug-likeness (QED) is 0.726. The van der Waals surface area contributed by atoms with Crippen LogP contribution in [0, 0.1) is 17.8 Å². The van der Waals surface area contributed by atoms with Gasteiger partial charge < -0.3 is 4.74 Å². The lowest BCUT2D eigenvalue weighted by Crippen LogP contribution is -2.49. The molecule has 2 aliphatic carbocycles. The lowest BCUT2D eigenvalue weighted by Gasteiger charge is -2.41. The van der Waals surface area contributed by atoms with Crippen molar-refractivity contribution in [2.24, 2.45) is 17.8 Å². The second kappa shape index (κ2) is 7.06. The standard InChI is InChI=1S/C18H32O2/c1-4-15-8-10-16(11-9-15)17(19)18(20-5-2)12-6-7-14(3)13-18/h14-16H,4-13H2,1-3H3. The predicted molar refractivity (Wildman–Crippen MR) is 82.7 cm³/mol. The molecule has 0 amide bonds. The van der Waals surface area contributed by atoms with Gasteiger partial charge in [-0.2, -0.15) is 0 Å². The molecule has 2 rings (SSSR count). The van der Waals surface area contributed by atoms with Gasteiger partial charge in [-0.15, -0.1) is 0 Å². The van der Waals surface area contributed by atoms with E-state index >= 15 is 0 Å². The SMILES string of the molecule is CCOC1(C(=O)C2CCC(CC)CC2)CCCC(C)C1. The molecule has 2 fully saturated rings. The van der Waals surface area contributed by atoms with Gasteiger partial charge in [0.2, 0.25) is 0 Å². The maximum atomic E-state index is 13.1. The molecule has 2 aliphatic rings. The number of carbonyl (C=O) groups is 1. The second-order valence-electron chi connectivity index (χ2n) is 7.12. The molecule has 0 heterocycles. The fraction of sp³-hybridized carbons (Fsp3) is 0.944. The first-order chi connectivity index (χ1) is 9.61. The predicted octanol–water partition coefficient (Wildman–Crippen LogP) is 4.76. The lowest BCUT2D eigenvalue weighted by molar-refractivity contribution is -0.157. The lowest BCUT2D eigenvalue weighted by atomic mass is 9.69. The summed E-state index contributed by atoms with van der Waals surface area (Å²) in [5.74, 6) is 2.20. The Hall–Kier alpha value is -0.370. The van der Waals surface area contributed by atoms with E-state index in [1.807, 2.05) is 6.92 Å². The van der Waals surface area contributed by atoms with E-state index in [2.05, 4.69) is 13.8 Å². The highest BCUT2D eigenvalue weighted by molar-refractivity contribution is 5.89. The van der Waals surface area contributed by atoms with Crippen LogP contribution in [0.25, 0.3) is 0 Å². The Morgan fingerprint density at radius 3 is 2.40 bits per heavy atom. The molecule has 20 heavy (non-hydrogen) atoms. The second-order valence-corrected chi connectivity index (χ2v) is 7.12. The number of hydrogen-bond donors (Lipinski definition) is 0. The topological polar surface area (TPSA) is 26.3 Å². The molecule has 0 aromatic heterocycles. The third-order valence-corrected chi connectivity index (χ3v) is 5.62. The Morgan fingerprint density at radius 1 is 1.15 bits per heavy atom. The average molecular weight is 280 g/mol. The molecule has 0 spiro atoms. The zero-order valence-electron chi connectivity index (χ0n) is 13.6. The Labute approximate surface area is 124 Å². The third kappa shape index (κ3) is 3.44. The summed E-state index contributed by atoms with van der Waals surface area (Å²) in [6, 6.07) is 0. The Balaban J connectivity index is 2.03. The van der Waals surface area contributed by atoms with E-state index < -0.39 is 5.60 Å². The molecule has 2 heteroatoms. The summed E-state index contributed by atoms with van der Waals surface area (Å²) in [6.07, 6.45) is 10.3. The highest BCUT2D eigenvalue weighted by atomic mass is 16.5. The van der Waals surface area contributed by atoms with Gasteiger partial charge in [-0.25, -0.2) is 0 Å². The highest BCUT2D eigenvalue weighted by Crippen LogP contribution is 2.41. The van der Waals surface area contributed by atoms with Gasteiger partial charge in [0.1, 0.15) is 5.60 Å². The summed E-state index contributed by atoms with van der Waals surface area (Å²) in [6.45, 7) is 7.25. The molecule has 2 saturated carbocycles. The molecular formula is C18H32O2. The van der Waals surface area contributed by atoms with Crippen molar-refractivity contribution in [2.75, 3.05) is 6.61 Å². The molecular weight excluding hydrogens is 248 g/mol. The van der Waals surface area contributed by atoms with E-state index in [4.69, 9.17) is 4.74 Å². The molecule has 0 aromatic rings. The van der Waals surface area contributed by atoms with Crippen molar-refractivity contribution in [1.82, 2.24) is 0 Å². The minimum atomic E-state index is -0.434. The summed E-state index contributed by atoms with van der Waals surface area (Å²) in [5.41, 5.74) is -0.434. The van der Waals surface area contributed by atoms with E-state index in [0.717, 1.165) is 38.0 Å². The molecule has 0 aromatic carbocycles. The molecule has 0 saturated heterocycles. The zero-order valence-corrected chi connectivity index (χ0v) is 13.6. The summed E-state index contributed by atoms with van der Waals surface area (Å²) < 4.78 is 6.06. The van der Waals surface area contributed by atoms with Gasteiger partial charge in [0.05, 0.1) is 0 Å². The zero-order chi connectivity index (χ0) is 14.6. The minimum absolute atomic E-state index is 0.273. The first kappa shape index (κ1) is 16.0.